The Balaban J connectivity index is 1.72. The number of rotatable bonds is 6. The maximum Gasteiger partial charge on any atom is 0.306 e. The SMILES string of the molecule is CC(Cc1ccc(NC(=O)C2(c3cccc(F)c3)CCC2)cc1)C(=O)O. The number of benzene rings is 2. The van der Waals surface area contributed by atoms with E-state index in [1.54, 1.807) is 31.2 Å². The Labute approximate surface area is 152 Å². The molecule has 1 saturated carbocycles. The summed E-state index contributed by atoms with van der Waals surface area (Å²) >= 11 is 0. The topological polar surface area (TPSA) is 66.4 Å². The van der Waals surface area contributed by atoms with Crippen LogP contribution >= 0.6 is 0 Å². The van der Waals surface area contributed by atoms with Crippen molar-refractivity contribution < 1.29 is 19.1 Å². The van der Waals surface area contributed by atoms with Crippen molar-refractivity contribution in [1.82, 2.24) is 0 Å². The highest BCUT2D eigenvalue weighted by Gasteiger charge is 2.45. The van der Waals surface area contributed by atoms with Gasteiger partial charge in [-0.05, 0) is 54.7 Å². The largest absolute Gasteiger partial charge is 0.481 e. The quantitative estimate of drug-likeness (QED) is 0.818. The van der Waals surface area contributed by atoms with Gasteiger partial charge in [0.15, 0.2) is 0 Å². The van der Waals surface area contributed by atoms with Gasteiger partial charge in [0.1, 0.15) is 5.82 Å². The molecule has 2 aromatic carbocycles. The Hall–Kier alpha value is -2.69. The van der Waals surface area contributed by atoms with Gasteiger partial charge < -0.3 is 10.4 Å². The van der Waals surface area contributed by atoms with E-state index in [9.17, 15) is 14.0 Å². The number of hydrogen-bond donors (Lipinski definition) is 2. The lowest BCUT2D eigenvalue weighted by Gasteiger charge is -2.40. The zero-order valence-corrected chi connectivity index (χ0v) is 14.7. The summed E-state index contributed by atoms with van der Waals surface area (Å²) in [4.78, 5) is 23.8. The second-order valence-corrected chi connectivity index (χ2v) is 7.04. The minimum absolute atomic E-state index is 0.124. The molecule has 3 rings (SSSR count). The van der Waals surface area contributed by atoms with Crippen molar-refractivity contribution in [1.29, 1.82) is 0 Å². The predicted octanol–water partition coefficient (Wildman–Crippen LogP) is 4.15. The summed E-state index contributed by atoms with van der Waals surface area (Å²) in [5, 5.41) is 11.9. The number of carbonyl (C=O) groups excluding carboxylic acids is 1. The van der Waals surface area contributed by atoms with Crippen molar-refractivity contribution in [3.05, 3.63) is 65.5 Å². The number of anilines is 1. The summed E-state index contributed by atoms with van der Waals surface area (Å²) in [6, 6.07) is 13.5. The third-order valence-electron chi connectivity index (χ3n) is 5.19. The van der Waals surface area contributed by atoms with E-state index in [1.807, 2.05) is 12.1 Å². The Morgan fingerprint density at radius 3 is 2.42 bits per heavy atom. The number of nitrogens with one attached hydrogen (secondary N) is 1. The summed E-state index contributed by atoms with van der Waals surface area (Å²) in [5.74, 6) is -1.74. The summed E-state index contributed by atoms with van der Waals surface area (Å²) < 4.78 is 13.6. The molecule has 0 heterocycles. The van der Waals surface area contributed by atoms with Gasteiger partial charge in [-0.15, -0.1) is 0 Å². The predicted molar refractivity (Wildman–Crippen MR) is 97.5 cm³/mol. The number of carboxylic acid groups (broad SMARTS) is 1. The third kappa shape index (κ3) is 3.62. The molecule has 0 aliphatic heterocycles. The van der Waals surface area contributed by atoms with E-state index in [2.05, 4.69) is 5.32 Å². The van der Waals surface area contributed by atoms with E-state index < -0.39 is 17.3 Å². The summed E-state index contributed by atoms with van der Waals surface area (Å²) in [5.41, 5.74) is 1.61. The number of amides is 1. The second-order valence-electron chi connectivity index (χ2n) is 7.04. The molecular formula is C21H22FNO3. The molecule has 0 saturated heterocycles. The molecule has 1 amide bonds. The minimum atomic E-state index is -0.829. The lowest BCUT2D eigenvalue weighted by molar-refractivity contribution is -0.141. The van der Waals surface area contributed by atoms with Crippen LogP contribution in [-0.4, -0.2) is 17.0 Å². The van der Waals surface area contributed by atoms with E-state index in [0.717, 1.165) is 12.0 Å². The molecule has 1 fully saturated rings. The molecule has 2 N–H and O–H groups in total. The fourth-order valence-electron chi connectivity index (χ4n) is 3.38. The van der Waals surface area contributed by atoms with Gasteiger partial charge in [-0.1, -0.05) is 37.6 Å². The Morgan fingerprint density at radius 1 is 1.19 bits per heavy atom. The monoisotopic (exact) mass is 355 g/mol. The summed E-state index contributed by atoms with van der Waals surface area (Å²) in [6.07, 6.45) is 2.79. The van der Waals surface area contributed by atoms with Crippen LogP contribution in [0.5, 0.6) is 0 Å². The fraction of sp³-hybridized carbons (Fsp3) is 0.333. The minimum Gasteiger partial charge on any atom is -0.481 e. The fourth-order valence-corrected chi connectivity index (χ4v) is 3.38. The average Bonchev–Trinajstić information content (AvgIpc) is 2.55. The van der Waals surface area contributed by atoms with Crippen LogP contribution in [0.25, 0.3) is 0 Å². The Kier molecular flexibility index (Phi) is 5.07. The molecule has 136 valence electrons. The maximum atomic E-state index is 13.6. The first-order valence-corrected chi connectivity index (χ1v) is 8.80. The zero-order valence-electron chi connectivity index (χ0n) is 14.7. The van der Waals surface area contributed by atoms with E-state index in [1.165, 1.54) is 12.1 Å². The zero-order chi connectivity index (χ0) is 18.7. The van der Waals surface area contributed by atoms with Gasteiger partial charge in [0.05, 0.1) is 11.3 Å². The van der Waals surface area contributed by atoms with Crippen LogP contribution in [0.1, 0.15) is 37.3 Å². The van der Waals surface area contributed by atoms with Crippen LogP contribution in [0.4, 0.5) is 10.1 Å². The van der Waals surface area contributed by atoms with Crippen molar-refractivity contribution in [2.45, 2.75) is 38.0 Å². The van der Waals surface area contributed by atoms with Gasteiger partial charge in [-0.3, -0.25) is 9.59 Å². The molecule has 1 atom stereocenters. The molecule has 0 aromatic heterocycles. The first-order chi connectivity index (χ1) is 12.4. The van der Waals surface area contributed by atoms with Crippen LogP contribution in [0.3, 0.4) is 0 Å². The molecule has 0 bridgehead atoms. The molecular weight excluding hydrogens is 333 g/mol. The molecule has 1 aliphatic carbocycles. The van der Waals surface area contributed by atoms with Crippen LogP contribution in [0.2, 0.25) is 0 Å². The third-order valence-corrected chi connectivity index (χ3v) is 5.19. The lowest BCUT2D eigenvalue weighted by atomic mass is 9.63. The second kappa shape index (κ2) is 7.28. The van der Waals surface area contributed by atoms with Gasteiger partial charge in [-0.25, -0.2) is 4.39 Å². The molecule has 1 aliphatic rings. The number of carbonyl (C=O) groups is 2. The van der Waals surface area contributed by atoms with Gasteiger partial charge >= 0.3 is 5.97 Å². The van der Waals surface area contributed by atoms with Crippen molar-refractivity contribution in [2.75, 3.05) is 5.32 Å². The molecule has 0 spiro atoms. The van der Waals surface area contributed by atoms with E-state index in [0.29, 0.717) is 30.5 Å². The summed E-state index contributed by atoms with van der Waals surface area (Å²) in [6.45, 7) is 1.66. The molecule has 26 heavy (non-hydrogen) atoms. The maximum absolute atomic E-state index is 13.6. The van der Waals surface area contributed by atoms with Crippen molar-refractivity contribution in [2.24, 2.45) is 5.92 Å². The standard InChI is InChI=1S/C21H22FNO3/c1-14(19(24)25)12-15-6-8-18(9-7-15)23-20(26)21(10-3-11-21)16-4-2-5-17(22)13-16/h2,4-9,13-14H,3,10-12H2,1H3,(H,23,26)(H,24,25). The summed E-state index contributed by atoms with van der Waals surface area (Å²) in [7, 11) is 0. The van der Waals surface area contributed by atoms with Crippen molar-refractivity contribution >= 4 is 17.6 Å². The number of hydrogen-bond acceptors (Lipinski definition) is 2. The van der Waals surface area contributed by atoms with Gasteiger partial charge in [0, 0.05) is 5.69 Å². The van der Waals surface area contributed by atoms with Crippen LogP contribution in [0, 0.1) is 11.7 Å². The molecule has 1 unspecified atom stereocenters. The number of halogens is 1. The first-order valence-electron chi connectivity index (χ1n) is 8.80. The van der Waals surface area contributed by atoms with Crippen LogP contribution < -0.4 is 5.32 Å². The van der Waals surface area contributed by atoms with E-state index in [4.69, 9.17) is 5.11 Å². The average molecular weight is 355 g/mol. The highest BCUT2D eigenvalue weighted by Crippen LogP contribution is 2.44. The van der Waals surface area contributed by atoms with Gasteiger partial charge in [-0.2, -0.15) is 0 Å². The Bertz CT molecular complexity index is 812. The highest BCUT2D eigenvalue weighted by molar-refractivity contribution is 5.99. The van der Waals surface area contributed by atoms with Crippen LogP contribution in [0.15, 0.2) is 48.5 Å². The molecule has 2 aromatic rings. The normalized spacial score (nSPS) is 16.4. The first kappa shape index (κ1) is 18.1. The van der Waals surface area contributed by atoms with Crippen molar-refractivity contribution in [3.8, 4) is 0 Å². The molecule has 4 nitrogen and oxygen atoms in total. The van der Waals surface area contributed by atoms with E-state index in [-0.39, 0.29) is 11.7 Å². The van der Waals surface area contributed by atoms with E-state index >= 15 is 0 Å². The van der Waals surface area contributed by atoms with Gasteiger partial charge in [0.25, 0.3) is 0 Å². The Morgan fingerprint density at radius 2 is 1.88 bits per heavy atom. The highest BCUT2D eigenvalue weighted by atomic mass is 19.1. The van der Waals surface area contributed by atoms with Crippen molar-refractivity contribution in [3.63, 3.8) is 0 Å². The number of aliphatic carboxylic acids is 1. The van der Waals surface area contributed by atoms with Gasteiger partial charge in [0.2, 0.25) is 5.91 Å². The van der Waals surface area contributed by atoms with Crippen LogP contribution in [-0.2, 0) is 21.4 Å². The lowest BCUT2D eigenvalue weighted by Crippen LogP contribution is -2.46. The molecule has 0 radical (unpaired) electrons. The molecule has 5 heteroatoms. The smallest absolute Gasteiger partial charge is 0.306 e. The number of carboxylic acids is 1.